The molecule has 1 heterocycles. The molecule has 0 radical (unpaired) electrons. The zero-order valence-electron chi connectivity index (χ0n) is 7.09. The Labute approximate surface area is 70.5 Å². The van der Waals surface area contributed by atoms with E-state index in [1.54, 1.807) is 0 Å². The molecule has 0 spiro atoms. The van der Waals surface area contributed by atoms with Crippen LogP contribution in [-0.2, 0) is 4.74 Å². The van der Waals surface area contributed by atoms with Crippen LogP contribution in [0.15, 0.2) is 0 Å². The Hall–Kier alpha value is -0.220. The third-order valence-electron chi connectivity index (χ3n) is 2.05. The van der Waals surface area contributed by atoms with Crippen LogP contribution in [0.2, 0.25) is 0 Å². The van der Waals surface area contributed by atoms with Crippen LogP contribution in [0.25, 0.3) is 0 Å². The van der Waals surface area contributed by atoms with Crippen LogP contribution in [0, 0.1) is 5.92 Å². The summed E-state index contributed by atoms with van der Waals surface area (Å²) in [4.78, 5) is 0. The largest absolute Gasteiger partial charge is 0.393 e. The van der Waals surface area contributed by atoms with Gasteiger partial charge < -0.3 is 9.84 Å². The lowest BCUT2D eigenvalue weighted by atomic mass is 9.93. The Kier molecular flexibility index (Phi) is 3.01. The first-order valence-electron chi connectivity index (χ1n) is 4.13. The van der Waals surface area contributed by atoms with Gasteiger partial charge in [-0.2, -0.15) is 0 Å². The van der Waals surface area contributed by atoms with E-state index in [0.29, 0.717) is 13.0 Å². The lowest BCUT2D eigenvalue weighted by molar-refractivity contribution is -0.0838. The lowest BCUT2D eigenvalue weighted by Crippen LogP contribution is -2.35. The summed E-state index contributed by atoms with van der Waals surface area (Å²) in [6.45, 7) is 1.60. The van der Waals surface area contributed by atoms with E-state index in [-0.39, 0.29) is 13.0 Å². The van der Waals surface area contributed by atoms with Crippen LogP contribution in [0.1, 0.15) is 19.8 Å². The summed E-state index contributed by atoms with van der Waals surface area (Å²) in [6, 6.07) is 0. The van der Waals surface area contributed by atoms with Gasteiger partial charge >= 0.3 is 0 Å². The average molecular weight is 180 g/mol. The van der Waals surface area contributed by atoms with E-state index >= 15 is 0 Å². The van der Waals surface area contributed by atoms with Gasteiger partial charge in [0.05, 0.1) is 12.7 Å². The molecule has 2 unspecified atom stereocenters. The van der Waals surface area contributed by atoms with Crippen LogP contribution in [-0.4, -0.2) is 30.3 Å². The highest BCUT2D eigenvalue weighted by Gasteiger charge is 2.32. The van der Waals surface area contributed by atoms with Gasteiger partial charge in [-0.15, -0.1) is 0 Å². The van der Waals surface area contributed by atoms with Crippen molar-refractivity contribution in [3.8, 4) is 0 Å². The number of aliphatic hydroxyl groups excluding tert-OH is 1. The van der Waals surface area contributed by atoms with Crippen molar-refractivity contribution in [1.82, 2.24) is 0 Å². The van der Waals surface area contributed by atoms with Crippen molar-refractivity contribution in [3.63, 3.8) is 0 Å². The molecular weight excluding hydrogens is 166 g/mol. The monoisotopic (exact) mass is 180 g/mol. The second-order valence-corrected chi connectivity index (χ2v) is 3.47. The Morgan fingerprint density at radius 2 is 2.25 bits per heavy atom. The number of aliphatic hydroxyl groups is 1. The number of ether oxygens (including phenoxy) is 1. The zero-order chi connectivity index (χ0) is 9.19. The molecule has 0 aromatic carbocycles. The highest BCUT2D eigenvalue weighted by Crippen LogP contribution is 2.27. The van der Waals surface area contributed by atoms with E-state index in [4.69, 9.17) is 4.74 Å². The van der Waals surface area contributed by atoms with Crippen LogP contribution in [0.3, 0.4) is 0 Å². The smallest absolute Gasteiger partial charge is 0.245 e. The predicted molar refractivity (Wildman–Crippen MR) is 40.2 cm³/mol. The molecule has 2 nitrogen and oxygen atoms in total. The summed E-state index contributed by atoms with van der Waals surface area (Å²) in [5.74, 6) is -3.11. The third kappa shape index (κ3) is 3.03. The molecule has 0 amide bonds. The van der Waals surface area contributed by atoms with E-state index in [9.17, 15) is 13.9 Å². The molecule has 0 bridgehead atoms. The van der Waals surface area contributed by atoms with E-state index in [2.05, 4.69) is 0 Å². The van der Waals surface area contributed by atoms with Gasteiger partial charge in [0, 0.05) is 18.9 Å². The minimum atomic E-state index is -2.70. The summed E-state index contributed by atoms with van der Waals surface area (Å²) in [5, 5.41) is 9.32. The van der Waals surface area contributed by atoms with Crippen LogP contribution < -0.4 is 0 Å². The van der Waals surface area contributed by atoms with Crippen molar-refractivity contribution < 1.29 is 18.6 Å². The average Bonchev–Trinajstić information content (AvgIpc) is 1.91. The summed E-state index contributed by atoms with van der Waals surface area (Å²) in [5.41, 5.74) is 0. The molecular formula is C8H14F2O2. The van der Waals surface area contributed by atoms with E-state index in [1.807, 2.05) is 0 Å². The minimum absolute atomic E-state index is 0.255. The standard InChI is InChI=1S/C8H14F2O2/c1-8(9,10)4-6-5-12-3-2-7(6)11/h6-7,11H,2-5H2,1H3. The molecule has 1 saturated heterocycles. The van der Waals surface area contributed by atoms with Gasteiger partial charge in [-0.1, -0.05) is 0 Å². The number of rotatable bonds is 2. The zero-order valence-corrected chi connectivity index (χ0v) is 7.09. The second-order valence-electron chi connectivity index (χ2n) is 3.47. The van der Waals surface area contributed by atoms with Crippen LogP contribution in [0.5, 0.6) is 0 Å². The van der Waals surface area contributed by atoms with Gasteiger partial charge in [-0.05, 0) is 13.3 Å². The highest BCUT2D eigenvalue weighted by atomic mass is 19.3. The summed E-state index contributed by atoms with van der Waals surface area (Å²) < 4.78 is 30.0. The third-order valence-corrected chi connectivity index (χ3v) is 2.05. The van der Waals surface area contributed by atoms with Gasteiger partial charge in [0.1, 0.15) is 0 Å². The fourth-order valence-corrected chi connectivity index (χ4v) is 1.44. The van der Waals surface area contributed by atoms with Gasteiger partial charge in [0.15, 0.2) is 0 Å². The fraction of sp³-hybridized carbons (Fsp3) is 1.00. The molecule has 1 aliphatic rings. The molecule has 1 fully saturated rings. The number of halogens is 2. The van der Waals surface area contributed by atoms with E-state index < -0.39 is 17.9 Å². The Bertz CT molecular complexity index is 144. The first kappa shape index (κ1) is 9.86. The first-order valence-corrected chi connectivity index (χ1v) is 4.13. The van der Waals surface area contributed by atoms with Crippen molar-refractivity contribution in [2.24, 2.45) is 5.92 Å². The SMILES string of the molecule is CC(F)(F)CC1COCCC1O. The first-order chi connectivity index (χ1) is 5.49. The van der Waals surface area contributed by atoms with E-state index in [1.165, 1.54) is 0 Å². The summed E-state index contributed by atoms with van der Waals surface area (Å²) in [7, 11) is 0. The molecule has 0 saturated carbocycles. The van der Waals surface area contributed by atoms with Gasteiger partial charge in [0.2, 0.25) is 5.92 Å². The molecule has 1 aliphatic heterocycles. The molecule has 1 N–H and O–H groups in total. The van der Waals surface area contributed by atoms with Crippen molar-refractivity contribution in [3.05, 3.63) is 0 Å². The quantitative estimate of drug-likeness (QED) is 0.696. The predicted octanol–water partition coefficient (Wildman–Crippen LogP) is 1.43. The molecule has 0 aliphatic carbocycles. The highest BCUT2D eigenvalue weighted by molar-refractivity contribution is 4.76. The van der Waals surface area contributed by atoms with Crippen molar-refractivity contribution in [2.75, 3.05) is 13.2 Å². The maximum atomic E-state index is 12.5. The molecule has 2 atom stereocenters. The normalized spacial score (nSPS) is 32.0. The molecule has 0 aromatic rings. The fourth-order valence-electron chi connectivity index (χ4n) is 1.44. The van der Waals surface area contributed by atoms with Gasteiger partial charge in [-0.3, -0.25) is 0 Å². The molecule has 1 rings (SSSR count). The number of hydrogen-bond acceptors (Lipinski definition) is 2. The van der Waals surface area contributed by atoms with Crippen molar-refractivity contribution in [2.45, 2.75) is 31.8 Å². The number of hydrogen-bond donors (Lipinski definition) is 1. The summed E-state index contributed by atoms with van der Waals surface area (Å²) in [6.07, 6.45) is -0.431. The lowest BCUT2D eigenvalue weighted by Gasteiger charge is -2.29. The van der Waals surface area contributed by atoms with Crippen LogP contribution >= 0.6 is 0 Å². The molecule has 4 heteroatoms. The summed E-state index contributed by atoms with van der Waals surface area (Å²) >= 11 is 0. The molecule has 0 aromatic heterocycles. The Morgan fingerprint density at radius 1 is 1.58 bits per heavy atom. The molecule has 72 valence electrons. The molecule has 12 heavy (non-hydrogen) atoms. The Morgan fingerprint density at radius 3 is 2.75 bits per heavy atom. The second kappa shape index (κ2) is 3.66. The van der Waals surface area contributed by atoms with Gasteiger partial charge in [-0.25, -0.2) is 8.78 Å². The topological polar surface area (TPSA) is 29.5 Å². The van der Waals surface area contributed by atoms with Crippen LogP contribution in [0.4, 0.5) is 8.78 Å². The van der Waals surface area contributed by atoms with E-state index in [0.717, 1.165) is 6.92 Å². The van der Waals surface area contributed by atoms with Crippen molar-refractivity contribution in [1.29, 1.82) is 0 Å². The maximum Gasteiger partial charge on any atom is 0.245 e. The number of alkyl halides is 2. The Balaban J connectivity index is 2.39. The maximum absolute atomic E-state index is 12.5. The minimum Gasteiger partial charge on any atom is -0.393 e. The van der Waals surface area contributed by atoms with Crippen molar-refractivity contribution >= 4 is 0 Å². The van der Waals surface area contributed by atoms with Gasteiger partial charge in [0.25, 0.3) is 0 Å².